The SMILES string of the molecule is CC1CCCN(C(=O)c2ccc(S(=O)(=O)N(C)c3ccccc3)cc2)C1. The number of amides is 1. The molecule has 3 rings (SSSR count). The van der Waals surface area contributed by atoms with Crippen LogP contribution in [-0.4, -0.2) is 39.4 Å². The number of carbonyl (C=O) groups is 1. The van der Waals surface area contributed by atoms with Crippen LogP contribution in [0.15, 0.2) is 59.5 Å². The lowest BCUT2D eigenvalue weighted by Gasteiger charge is -2.31. The Morgan fingerprint density at radius 1 is 1.08 bits per heavy atom. The molecule has 2 aromatic rings. The van der Waals surface area contributed by atoms with Gasteiger partial charge in [-0.2, -0.15) is 0 Å². The minimum atomic E-state index is -3.66. The predicted molar refractivity (Wildman–Crippen MR) is 103 cm³/mol. The third-order valence-electron chi connectivity index (χ3n) is 4.82. The van der Waals surface area contributed by atoms with E-state index in [1.165, 1.54) is 23.5 Å². The third-order valence-corrected chi connectivity index (χ3v) is 6.62. The quantitative estimate of drug-likeness (QED) is 0.827. The van der Waals surface area contributed by atoms with Crippen molar-refractivity contribution in [3.8, 4) is 0 Å². The van der Waals surface area contributed by atoms with Crippen molar-refractivity contribution < 1.29 is 13.2 Å². The molecule has 2 aromatic carbocycles. The summed E-state index contributed by atoms with van der Waals surface area (Å²) in [6, 6.07) is 15.1. The van der Waals surface area contributed by atoms with E-state index in [1.807, 2.05) is 11.0 Å². The van der Waals surface area contributed by atoms with Crippen molar-refractivity contribution in [1.29, 1.82) is 0 Å². The number of piperidine rings is 1. The number of benzene rings is 2. The highest BCUT2D eigenvalue weighted by atomic mass is 32.2. The van der Waals surface area contributed by atoms with Gasteiger partial charge in [0, 0.05) is 25.7 Å². The summed E-state index contributed by atoms with van der Waals surface area (Å²) in [7, 11) is -2.13. The van der Waals surface area contributed by atoms with E-state index in [1.54, 1.807) is 36.4 Å². The number of anilines is 1. The summed E-state index contributed by atoms with van der Waals surface area (Å²) in [6.07, 6.45) is 2.16. The summed E-state index contributed by atoms with van der Waals surface area (Å²) >= 11 is 0. The molecule has 1 heterocycles. The van der Waals surface area contributed by atoms with Gasteiger partial charge in [0.2, 0.25) is 0 Å². The van der Waals surface area contributed by atoms with Crippen LogP contribution in [0.2, 0.25) is 0 Å². The summed E-state index contributed by atoms with van der Waals surface area (Å²) < 4.78 is 26.8. The molecule has 0 bridgehead atoms. The van der Waals surface area contributed by atoms with Gasteiger partial charge >= 0.3 is 0 Å². The van der Waals surface area contributed by atoms with Crippen LogP contribution >= 0.6 is 0 Å². The van der Waals surface area contributed by atoms with Gasteiger partial charge in [-0.15, -0.1) is 0 Å². The molecule has 1 saturated heterocycles. The molecular weight excluding hydrogens is 348 g/mol. The maximum atomic E-state index is 12.8. The fourth-order valence-electron chi connectivity index (χ4n) is 3.26. The molecule has 0 radical (unpaired) electrons. The standard InChI is InChI=1S/C20H24N2O3S/c1-16-7-6-14-22(15-16)20(23)17-10-12-19(13-11-17)26(24,25)21(2)18-8-4-3-5-9-18/h3-5,8-13,16H,6-7,14-15H2,1-2H3. The molecule has 1 aliphatic heterocycles. The molecule has 0 aliphatic carbocycles. The first-order valence-corrected chi connectivity index (χ1v) is 10.3. The fraction of sp³-hybridized carbons (Fsp3) is 0.350. The molecular formula is C20H24N2O3S. The van der Waals surface area contributed by atoms with Crippen LogP contribution in [0.25, 0.3) is 0 Å². The van der Waals surface area contributed by atoms with Crippen LogP contribution in [0.4, 0.5) is 5.69 Å². The van der Waals surface area contributed by atoms with Crippen LogP contribution in [0.5, 0.6) is 0 Å². The molecule has 5 nitrogen and oxygen atoms in total. The Hall–Kier alpha value is -2.34. The highest BCUT2D eigenvalue weighted by Crippen LogP contribution is 2.23. The lowest BCUT2D eigenvalue weighted by Crippen LogP contribution is -2.39. The Bertz CT molecular complexity index is 864. The van der Waals surface area contributed by atoms with Crippen molar-refractivity contribution in [3.63, 3.8) is 0 Å². The number of nitrogens with zero attached hydrogens (tertiary/aromatic N) is 2. The molecule has 26 heavy (non-hydrogen) atoms. The number of carbonyl (C=O) groups excluding carboxylic acids is 1. The van der Waals surface area contributed by atoms with Crippen molar-refractivity contribution >= 4 is 21.6 Å². The van der Waals surface area contributed by atoms with Crippen LogP contribution in [0.1, 0.15) is 30.1 Å². The maximum absolute atomic E-state index is 12.8. The van der Waals surface area contributed by atoms with Gasteiger partial charge in [-0.25, -0.2) is 8.42 Å². The normalized spacial score (nSPS) is 17.8. The molecule has 0 saturated carbocycles. The number of hydrogen-bond donors (Lipinski definition) is 0. The van der Waals surface area contributed by atoms with Gasteiger partial charge in [-0.05, 0) is 55.2 Å². The van der Waals surface area contributed by atoms with Crippen LogP contribution in [0.3, 0.4) is 0 Å². The van der Waals surface area contributed by atoms with Crippen molar-refractivity contribution in [1.82, 2.24) is 4.90 Å². The van der Waals surface area contributed by atoms with Crippen LogP contribution in [0, 0.1) is 5.92 Å². The number of sulfonamides is 1. The van der Waals surface area contributed by atoms with E-state index in [0.717, 1.165) is 25.9 Å². The summed E-state index contributed by atoms with van der Waals surface area (Å²) in [6.45, 7) is 3.67. The first-order valence-electron chi connectivity index (χ1n) is 8.83. The van der Waals surface area contributed by atoms with E-state index >= 15 is 0 Å². The van der Waals surface area contributed by atoms with E-state index in [0.29, 0.717) is 17.2 Å². The van der Waals surface area contributed by atoms with Gasteiger partial charge in [0.25, 0.3) is 15.9 Å². The second-order valence-corrected chi connectivity index (χ2v) is 8.80. The molecule has 0 spiro atoms. The van der Waals surface area contributed by atoms with Crippen molar-refractivity contribution in [2.75, 3.05) is 24.4 Å². The van der Waals surface area contributed by atoms with Crippen molar-refractivity contribution in [2.45, 2.75) is 24.7 Å². The number of likely N-dealkylation sites (tertiary alicyclic amines) is 1. The molecule has 1 aliphatic rings. The van der Waals surface area contributed by atoms with E-state index in [2.05, 4.69) is 6.92 Å². The van der Waals surface area contributed by atoms with E-state index in [4.69, 9.17) is 0 Å². The van der Waals surface area contributed by atoms with E-state index < -0.39 is 10.0 Å². The first-order chi connectivity index (χ1) is 12.4. The Morgan fingerprint density at radius 3 is 2.35 bits per heavy atom. The molecule has 1 fully saturated rings. The molecule has 138 valence electrons. The summed E-state index contributed by atoms with van der Waals surface area (Å²) in [5.74, 6) is 0.476. The van der Waals surface area contributed by atoms with Crippen LogP contribution < -0.4 is 4.31 Å². The Labute approximate surface area is 155 Å². The van der Waals surface area contributed by atoms with Crippen molar-refractivity contribution in [2.24, 2.45) is 5.92 Å². The Balaban J connectivity index is 1.79. The number of rotatable bonds is 4. The molecule has 6 heteroatoms. The Morgan fingerprint density at radius 2 is 1.73 bits per heavy atom. The van der Waals surface area contributed by atoms with Gasteiger partial charge in [0.15, 0.2) is 0 Å². The molecule has 0 aromatic heterocycles. The van der Waals surface area contributed by atoms with E-state index in [-0.39, 0.29) is 10.8 Å². The molecule has 0 N–H and O–H groups in total. The average molecular weight is 372 g/mol. The molecule has 1 atom stereocenters. The zero-order chi connectivity index (χ0) is 18.7. The van der Waals surface area contributed by atoms with Gasteiger partial charge in [-0.3, -0.25) is 9.10 Å². The van der Waals surface area contributed by atoms with Gasteiger partial charge in [0.1, 0.15) is 0 Å². The lowest BCUT2D eigenvalue weighted by molar-refractivity contribution is 0.0683. The second-order valence-electron chi connectivity index (χ2n) is 6.83. The first kappa shape index (κ1) is 18.5. The predicted octanol–water partition coefficient (Wildman–Crippen LogP) is 3.38. The zero-order valence-corrected chi connectivity index (χ0v) is 15.9. The third kappa shape index (κ3) is 3.75. The Kier molecular flexibility index (Phi) is 5.32. The average Bonchev–Trinajstić information content (AvgIpc) is 2.67. The highest BCUT2D eigenvalue weighted by molar-refractivity contribution is 7.92. The van der Waals surface area contributed by atoms with Gasteiger partial charge < -0.3 is 4.90 Å². The summed E-state index contributed by atoms with van der Waals surface area (Å²) in [5.41, 5.74) is 1.12. The smallest absolute Gasteiger partial charge is 0.264 e. The summed E-state index contributed by atoms with van der Waals surface area (Å²) in [5, 5.41) is 0. The second kappa shape index (κ2) is 7.50. The van der Waals surface area contributed by atoms with Crippen molar-refractivity contribution in [3.05, 3.63) is 60.2 Å². The fourth-order valence-corrected chi connectivity index (χ4v) is 4.46. The largest absolute Gasteiger partial charge is 0.338 e. The van der Waals surface area contributed by atoms with E-state index in [9.17, 15) is 13.2 Å². The van der Waals surface area contributed by atoms with Crippen LogP contribution in [-0.2, 0) is 10.0 Å². The summed E-state index contributed by atoms with van der Waals surface area (Å²) in [4.78, 5) is 14.7. The minimum absolute atomic E-state index is 0.0306. The molecule has 1 amide bonds. The molecule has 1 unspecified atom stereocenters. The monoisotopic (exact) mass is 372 g/mol. The number of para-hydroxylation sites is 1. The van der Waals surface area contributed by atoms with Gasteiger partial charge in [0.05, 0.1) is 10.6 Å². The maximum Gasteiger partial charge on any atom is 0.264 e. The number of hydrogen-bond acceptors (Lipinski definition) is 3. The van der Waals surface area contributed by atoms with Gasteiger partial charge in [-0.1, -0.05) is 25.1 Å². The lowest BCUT2D eigenvalue weighted by atomic mass is 9.99. The zero-order valence-electron chi connectivity index (χ0n) is 15.1. The topological polar surface area (TPSA) is 57.7 Å². The minimum Gasteiger partial charge on any atom is -0.338 e. The highest BCUT2D eigenvalue weighted by Gasteiger charge is 2.24.